The molecular formula is C22H25N5O. The molecule has 6 nitrogen and oxygen atoms in total. The standard InChI is InChI=1S/C22H25N5O/c1-15-6-5-7-17(12-15)14-21(28)24-18-8-10-19(11-9-18)25-22-23-16(2)13-20(26-22)27(3)4/h5-13H,14H2,1-4H3,(H,24,28)(H,23,25,26). The van der Waals surface area contributed by atoms with Crippen LogP contribution in [0.4, 0.5) is 23.1 Å². The maximum absolute atomic E-state index is 12.3. The van der Waals surface area contributed by atoms with Crippen LogP contribution in [-0.2, 0) is 11.2 Å². The Morgan fingerprint density at radius 3 is 2.36 bits per heavy atom. The molecule has 1 heterocycles. The van der Waals surface area contributed by atoms with E-state index in [0.29, 0.717) is 12.4 Å². The molecule has 0 bridgehead atoms. The van der Waals surface area contributed by atoms with Gasteiger partial charge in [0.2, 0.25) is 11.9 Å². The number of amides is 1. The SMILES string of the molecule is Cc1cccc(CC(=O)Nc2ccc(Nc3nc(C)cc(N(C)C)n3)cc2)c1. The Hall–Kier alpha value is -3.41. The van der Waals surface area contributed by atoms with Crippen molar-refractivity contribution in [3.05, 3.63) is 71.4 Å². The average Bonchev–Trinajstić information content (AvgIpc) is 2.63. The molecule has 0 spiro atoms. The molecule has 6 heteroatoms. The second-order valence-corrected chi connectivity index (χ2v) is 7.00. The molecule has 1 amide bonds. The summed E-state index contributed by atoms with van der Waals surface area (Å²) >= 11 is 0. The van der Waals surface area contributed by atoms with E-state index < -0.39 is 0 Å². The van der Waals surface area contributed by atoms with Gasteiger partial charge >= 0.3 is 0 Å². The fraction of sp³-hybridized carbons (Fsp3) is 0.227. The normalized spacial score (nSPS) is 10.4. The summed E-state index contributed by atoms with van der Waals surface area (Å²) in [4.78, 5) is 23.1. The van der Waals surface area contributed by atoms with Crippen molar-refractivity contribution in [3.8, 4) is 0 Å². The summed E-state index contributed by atoms with van der Waals surface area (Å²) in [6, 6.07) is 17.4. The van der Waals surface area contributed by atoms with Crippen LogP contribution >= 0.6 is 0 Å². The van der Waals surface area contributed by atoms with Gasteiger partial charge in [0.15, 0.2) is 0 Å². The second-order valence-electron chi connectivity index (χ2n) is 7.00. The summed E-state index contributed by atoms with van der Waals surface area (Å²) in [6.07, 6.45) is 0.353. The fourth-order valence-electron chi connectivity index (χ4n) is 2.82. The molecule has 0 saturated heterocycles. The van der Waals surface area contributed by atoms with Gasteiger partial charge in [0, 0.05) is 37.2 Å². The van der Waals surface area contributed by atoms with Gasteiger partial charge in [-0.3, -0.25) is 4.79 Å². The van der Waals surface area contributed by atoms with Gasteiger partial charge in [-0.1, -0.05) is 29.8 Å². The van der Waals surface area contributed by atoms with Gasteiger partial charge in [-0.15, -0.1) is 0 Å². The Kier molecular flexibility index (Phi) is 5.89. The molecule has 3 aromatic rings. The zero-order chi connectivity index (χ0) is 20.1. The molecule has 0 aliphatic carbocycles. The van der Waals surface area contributed by atoms with Gasteiger partial charge in [0.25, 0.3) is 0 Å². The van der Waals surface area contributed by atoms with Crippen molar-refractivity contribution in [2.24, 2.45) is 0 Å². The lowest BCUT2D eigenvalue weighted by Crippen LogP contribution is -2.14. The molecule has 0 radical (unpaired) electrons. The van der Waals surface area contributed by atoms with Gasteiger partial charge in [0.1, 0.15) is 5.82 Å². The zero-order valence-corrected chi connectivity index (χ0v) is 16.7. The molecule has 3 rings (SSSR count). The van der Waals surface area contributed by atoms with Crippen LogP contribution in [-0.4, -0.2) is 30.0 Å². The van der Waals surface area contributed by atoms with Crippen molar-refractivity contribution < 1.29 is 4.79 Å². The topological polar surface area (TPSA) is 70.2 Å². The molecule has 0 unspecified atom stereocenters. The van der Waals surface area contributed by atoms with Crippen LogP contribution in [0.2, 0.25) is 0 Å². The molecule has 1 aromatic heterocycles. The van der Waals surface area contributed by atoms with Crippen LogP contribution in [0.1, 0.15) is 16.8 Å². The number of hydrogen-bond acceptors (Lipinski definition) is 5. The highest BCUT2D eigenvalue weighted by atomic mass is 16.1. The Bertz CT molecular complexity index is 967. The molecule has 2 N–H and O–H groups in total. The van der Waals surface area contributed by atoms with Crippen LogP contribution in [0.15, 0.2) is 54.6 Å². The number of hydrogen-bond donors (Lipinski definition) is 2. The van der Waals surface area contributed by atoms with Crippen molar-refractivity contribution >= 4 is 29.0 Å². The van der Waals surface area contributed by atoms with E-state index in [9.17, 15) is 4.79 Å². The van der Waals surface area contributed by atoms with E-state index in [1.54, 1.807) is 0 Å². The van der Waals surface area contributed by atoms with E-state index in [-0.39, 0.29) is 5.91 Å². The van der Waals surface area contributed by atoms with E-state index >= 15 is 0 Å². The number of rotatable bonds is 6. The largest absolute Gasteiger partial charge is 0.363 e. The summed E-state index contributed by atoms with van der Waals surface area (Å²) in [6.45, 7) is 3.96. The highest BCUT2D eigenvalue weighted by Gasteiger charge is 2.06. The van der Waals surface area contributed by atoms with E-state index in [2.05, 4.69) is 20.6 Å². The predicted octanol–water partition coefficient (Wildman–Crippen LogP) is 4.08. The molecule has 0 atom stereocenters. The van der Waals surface area contributed by atoms with Crippen LogP contribution in [0, 0.1) is 13.8 Å². The van der Waals surface area contributed by atoms with Gasteiger partial charge in [-0.25, -0.2) is 4.98 Å². The van der Waals surface area contributed by atoms with Crippen molar-refractivity contribution in [1.29, 1.82) is 0 Å². The zero-order valence-electron chi connectivity index (χ0n) is 16.7. The minimum absolute atomic E-state index is 0.0380. The molecule has 144 valence electrons. The summed E-state index contributed by atoms with van der Waals surface area (Å²) in [7, 11) is 3.89. The number of carbonyl (C=O) groups is 1. The molecule has 0 saturated carbocycles. The van der Waals surface area contributed by atoms with Gasteiger partial charge in [0.05, 0.1) is 6.42 Å². The van der Waals surface area contributed by atoms with E-state index in [0.717, 1.165) is 34.0 Å². The lowest BCUT2D eigenvalue weighted by Gasteiger charge is -2.14. The number of anilines is 4. The highest BCUT2D eigenvalue weighted by Crippen LogP contribution is 2.19. The van der Waals surface area contributed by atoms with Crippen molar-refractivity contribution in [2.75, 3.05) is 29.6 Å². The van der Waals surface area contributed by atoms with Crippen LogP contribution in [0.5, 0.6) is 0 Å². The predicted molar refractivity (Wildman–Crippen MR) is 114 cm³/mol. The third-order valence-corrected chi connectivity index (χ3v) is 4.17. The maximum atomic E-state index is 12.3. The summed E-state index contributed by atoms with van der Waals surface area (Å²) in [5, 5.41) is 6.13. The number of nitrogens with one attached hydrogen (secondary N) is 2. The van der Waals surface area contributed by atoms with Crippen molar-refractivity contribution in [2.45, 2.75) is 20.3 Å². The number of aryl methyl sites for hydroxylation is 2. The molecular weight excluding hydrogens is 350 g/mol. The van der Waals surface area contributed by atoms with Crippen molar-refractivity contribution in [1.82, 2.24) is 9.97 Å². The lowest BCUT2D eigenvalue weighted by atomic mass is 10.1. The first-order valence-corrected chi connectivity index (χ1v) is 9.14. The van der Waals surface area contributed by atoms with Gasteiger partial charge in [-0.2, -0.15) is 4.98 Å². The number of benzene rings is 2. The minimum Gasteiger partial charge on any atom is -0.363 e. The second kappa shape index (κ2) is 8.52. The van der Waals surface area contributed by atoms with Gasteiger partial charge in [-0.05, 0) is 43.7 Å². The van der Waals surface area contributed by atoms with Crippen LogP contribution in [0.25, 0.3) is 0 Å². The Morgan fingerprint density at radius 2 is 1.68 bits per heavy atom. The third-order valence-electron chi connectivity index (χ3n) is 4.17. The lowest BCUT2D eigenvalue weighted by molar-refractivity contribution is -0.115. The van der Waals surface area contributed by atoms with E-state index in [4.69, 9.17) is 0 Å². The minimum atomic E-state index is -0.0380. The molecule has 0 aliphatic heterocycles. The first-order chi connectivity index (χ1) is 13.4. The summed E-state index contributed by atoms with van der Waals surface area (Å²) in [5.41, 5.74) is 4.65. The molecule has 0 fully saturated rings. The van der Waals surface area contributed by atoms with Crippen molar-refractivity contribution in [3.63, 3.8) is 0 Å². The highest BCUT2D eigenvalue weighted by molar-refractivity contribution is 5.92. The Morgan fingerprint density at radius 1 is 0.964 bits per heavy atom. The maximum Gasteiger partial charge on any atom is 0.229 e. The van der Waals surface area contributed by atoms with E-state index in [1.807, 2.05) is 87.4 Å². The van der Waals surface area contributed by atoms with E-state index in [1.165, 1.54) is 0 Å². The smallest absolute Gasteiger partial charge is 0.229 e. The van der Waals surface area contributed by atoms with Crippen LogP contribution in [0.3, 0.4) is 0 Å². The number of carbonyl (C=O) groups excluding carboxylic acids is 1. The van der Waals surface area contributed by atoms with Crippen LogP contribution < -0.4 is 15.5 Å². The average molecular weight is 375 g/mol. The Labute approximate surface area is 165 Å². The molecule has 2 aromatic carbocycles. The quantitative estimate of drug-likeness (QED) is 0.679. The summed E-state index contributed by atoms with van der Waals surface area (Å²) < 4.78 is 0. The number of aromatic nitrogens is 2. The first kappa shape index (κ1) is 19.4. The summed E-state index contributed by atoms with van der Waals surface area (Å²) in [5.74, 6) is 1.35. The van der Waals surface area contributed by atoms with Gasteiger partial charge < -0.3 is 15.5 Å². The monoisotopic (exact) mass is 375 g/mol. The molecule has 28 heavy (non-hydrogen) atoms. The Balaban J connectivity index is 1.63. The first-order valence-electron chi connectivity index (χ1n) is 9.14. The third kappa shape index (κ3) is 5.30. The molecule has 0 aliphatic rings. The fourth-order valence-corrected chi connectivity index (χ4v) is 2.82. The number of nitrogens with zero attached hydrogens (tertiary/aromatic N) is 3.